The van der Waals surface area contributed by atoms with Gasteiger partial charge in [0.25, 0.3) is 0 Å². The number of Topliss-reactive ketones (excluding diaryl/α,β-unsaturated/α-hetero) is 1. The number of quaternary nitrogens is 1. The Morgan fingerprint density at radius 1 is 0.882 bits per heavy atom. The number of unbranched alkanes of at least 4 members (excludes halogenated alkanes) is 5. The van der Waals surface area contributed by atoms with Crippen LogP contribution in [0.4, 0.5) is 0 Å². The second-order valence-electron chi connectivity index (χ2n) is 5.96. The number of ketones is 1. The average molecular weight is 242 g/mol. The fourth-order valence-electron chi connectivity index (χ4n) is 2.19. The van der Waals surface area contributed by atoms with Crippen LogP contribution in [0.15, 0.2) is 0 Å². The first-order valence-electron chi connectivity index (χ1n) is 7.29. The van der Waals surface area contributed by atoms with Crippen molar-refractivity contribution < 1.29 is 9.28 Å². The fraction of sp³-hybridized carbons (Fsp3) is 0.933. The number of carbonyl (C=O) groups is 1. The average Bonchev–Trinajstić information content (AvgIpc) is 2.22. The first kappa shape index (κ1) is 16.6. The summed E-state index contributed by atoms with van der Waals surface area (Å²) < 4.78 is 1.07. The highest BCUT2D eigenvalue weighted by Crippen LogP contribution is 2.09. The lowest BCUT2D eigenvalue weighted by molar-refractivity contribution is -0.890. The van der Waals surface area contributed by atoms with E-state index in [4.69, 9.17) is 0 Å². The summed E-state index contributed by atoms with van der Waals surface area (Å²) in [5.41, 5.74) is 0. The van der Waals surface area contributed by atoms with Crippen LogP contribution in [-0.4, -0.2) is 37.5 Å². The van der Waals surface area contributed by atoms with Crippen LogP contribution in [0, 0.1) is 0 Å². The van der Waals surface area contributed by atoms with E-state index in [1.165, 1.54) is 45.1 Å². The van der Waals surface area contributed by atoms with Crippen LogP contribution in [-0.2, 0) is 4.79 Å². The Morgan fingerprint density at radius 3 is 2.00 bits per heavy atom. The molecular weight excluding hydrogens is 210 g/mol. The highest BCUT2D eigenvalue weighted by Gasteiger charge is 2.13. The van der Waals surface area contributed by atoms with Crippen LogP contribution >= 0.6 is 0 Å². The van der Waals surface area contributed by atoms with Crippen LogP contribution in [0.3, 0.4) is 0 Å². The van der Waals surface area contributed by atoms with Gasteiger partial charge in [0.05, 0.1) is 27.2 Å². The van der Waals surface area contributed by atoms with Crippen LogP contribution in [0.1, 0.15) is 65.2 Å². The zero-order valence-corrected chi connectivity index (χ0v) is 12.4. The maximum absolute atomic E-state index is 10.9. The molecule has 0 fully saturated rings. The highest BCUT2D eigenvalue weighted by atomic mass is 16.1. The summed E-state index contributed by atoms with van der Waals surface area (Å²) in [7, 11) is 4.57. The molecule has 0 saturated carbocycles. The predicted octanol–water partition coefficient (Wildman–Crippen LogP) is 3.79. The molecule has 0 radical (unpaired) electrons. The summed E-state index contributed by atoms with van der Waals surface area (Å²) in [5.74, 6) is 0.324. The van der Waals surface area contributed by atoms with Gasteiger partial charge in [0, 0.05) is 12.8 Å². The van der Waals surface area contributed by atoms with Gasteiger partial charge in [-0.15, -0.1) is 0 Å². The van der Waals surface area contributed by atoms with E-state index < -0.39 is 0 Å². The van der Waals surface area contributed by atoms with Crippen LogP contribution in [0.25, 0.3) is 0 Å². The van der Waals surface area contributed by atoms with Crippen LogP contribution in [0.2, 0.25) is 0 Å². The molecule has 0 bridgehead atoms. The van der Waals surface area contributed by atoms with Crippen LogP contribution in [0.5, 0.6) is 0 Å². The molecular formula is C15H32NO+. The van der Waals surface area contributed by atoms with Gasteiger partial charge in [-0.3, -0.25) is 0 Å². The molecule has 0 aromatic heterocycles. The minimum absolute atomic E-state index is 0.324. The molecule has 0 N–H and O–H groups in total. The quantitative estimate of drug-likeness (QED) is 0.398. The summed E-state index contributed by atoms with van der Waals surface area (Å²) >= 11 is 0. The van der Waals surface area contributed by atoms with Gasteiger partial charge >= 0.3 is 0 Å². The molecule has 0 aliphatic heterocycles. The van der Waals surface area contributed by atoms with E-state index in [9.17, 15) is 4.79 Å². The molecule has 0 aliphatic carbocycles. The standard InChI is InChI=1S/C15H32NO/c1-5-6-7-8-9-10-13-16(3,4)14-11-12-15(2)17/h5-14H2,1-4H3/q+1. The third-order valence-corrected chi connectivity index (χ3v) is 3.41. The van der Waals surface area contributed by atoms with Crippen molar-refractivity contribution >= 4 is 5.78 Å². The van der Waals surface area contributed by atoms with Gasteiger partial charge in [-0.1, -0.05) is 32.6 Å². The molecule has 0 amide bonds. The molecule has 0 heterocycles. The van der Waals surface area contributed by atoms with Crippen molar-refractivity contribution in [1.29, 1.82) is 0 Å². The molecule has 0 rings (SSSR count). The zero-order chi connectivity index (χ0) is 13.1. The minimum atomic E-state index is 0.324. The molecule has 0 aromatic rings. The molecule has 0 atom stereocenters. The van der Waals surface area contributed by atoms with E-state index >= 15 is 0 Å². The Bertz CT molecular complexity index is 199. The molecule has 0 spiro atoms. The van der Waals surface area contributed by atoms with E-state index in [0.717, 1.165) is 23.9 Å². The van der Waals surface area contributed by atoms with Gasteiger partial charge in [0.15, 0.2) is 0 Å². The molecule has 0 aliphatic rings. The molecule has 2 heteroatoms. The number of hydrogen-bond donors (Lipinski definition) is 0. The molecule has 2 nitrogen and oxygen atoms in total. The maximum Gasteiger partial charge on any atom is 0.130 e. The monoisotopic (exact) mass is 242 g/mol. The molecule has 0 unspecified atom stereocenters. The molecule has 0 saturated heterocycles. The fourth-order valence-corrected chi connectivity index (χ4v) is 2.19. The predicted molar refractivity (Wildman–Crippen MR) is 75.1 cm³/mol. The van der Waals surface area contributed by atoms with E-state index in [0.29, 0.717) is 5.78 Å². The number of nitrogens with zero attached hydrogens (tertiary/aromatic N) is 1. The van der Waals surface area contributed by atoms with Gasteiger partial charge in [-0.05, 0) is 19.8 Å². The summed E-state index contributed by atoms with van der Waals surface area (Å²) in [6.45, 7) is 6.33. The Morgan fingerprint density at radius 2 is 1.41 bits per heavy atom. The first-order chi connectivity index (χ1) is 7.98. The SMILES string of the molecule is CCCCCCCC[N+](C)(C)CCCC(C)=O. The Balaban J connectivity index is 3.46. The molecule has 17 heavy (non-hydrogen) atoms. The Hall–Kier alpha value is -0.370. The Labute approximate surface area is 108 Å². The number of carbonyl (C=O) groups excluding carboxylic acids is 1. The van der Waals surface area contributed by atoms with Crippen LogP contribution < -0.4 is 0 Å². The lowest BCUT2D eigenvalue weighted by Gasteiger charge is -2.29. The van der Waals surface area contributed by atoms with Gasteiger partial charge in [-0.25, -0.2) is 0 Å². The van der Waals surface area contributed by atoms with Crippen molar-refractivity contribution in [1.82, 2.24) is 0 Å². The van der Waals surface area contributed by atoms with E-state index in [2.05, 4.69) is 21.0 Å². The van der Waals surface area contributed by atoms with E-state index in [-0.39, 0.29) is 0 Å². The summed E-state index contributed by atoms with van der Waals surface area (Å²) in [6.07, 6.45) is 9.99. The largest absolute Gasteiger partial charge is 0.328 e. The topological polar surface area (TPSA) is 17.1 Å². The maximum atomic E-state index is 10.9. The van der Waals surface area contributed by atoms with Crippen molar-refractivity contribution in [3.05, 3.63) is 0 Å². The molecule has 102 valence electrons. The number of hydrogen-bond acceptors (Lipinski definition) is 1. The second-order valence-corrected chi connectivity index (χ2v) is 5.96. The highest BCUT2D eigenvalue weighted by molar-refractivity contribution is 5.75. The van der Waals surface area contributed by atoms with Crippen molar-refractivity contribution in [2.45, 2.75) is 65.2 Å². The van der Waals surface area contributed by atoms with Crippen molar-refractivity contribution in [3.63, 3.8) is 0 Å². The van der Waals surface area contributed by atoms with Gasteiger partial charge in [-0.2, -0.15) is 0 Å². The summed E-state index contributed by atoms with van der Waals surface area (Å²) in [5, 5.41) is 0. The van der Waals surface area contributed by atoms with Crippen molar-refractivity contribution in [2.24, 2.45) is 0 Å². The third kappa shape index (κ3) is 11.9. The first-order valence-corrected chi connectivity index (χ1v) is 7.29. The summed E-state index contributed by atoms with van der Waals surface area (Å²) in [6, 6.07) is 0. The third-order valence-electron chi connectivity index (χ3n) is 3.41. The second kappa shape index (κ2) is 9.64. The lowest BCUT2D eigenvalue weighted by Crippen LogP contribution is -2.41. The normalized spacial score (nSPS) is 11.8. The van der Waals surface area contributed by atoms with Crippen molar-refractivity contribution in [2.75, 3.05) is 27.2 Å². The minimum Gasteiger partial charge on any atom is -0.328 e. The number of rotatable bonds is 11. The summed E-state index contributed by atoms with van der Waals surface area (Å²) in [4.78, 5) is 10.9. The Kier molecular flexibility index (Phi) is 9.43. The smallest absolute Gasteiger partial charge is 0.130 e. The zero-order valence-electron chi connectivity index (χ0n) is 12.4. The van der Waals surface area contributed by atoms with E-state index in [1.54, 1.807) is 6.92 Å². The van der Waals surface area contributed by atoms with Crippen molar-refractivity contribution in [3.8, 4) is 0 Å². The lowest BCUT2D eigenvalue weighted by atomic mass is 10.1. The van der Waals surface area contributed by atoms with Gasteiger partial charge < -0.3 is 9.28 Å². The van der Waals surface area contributed by atoms with Gasteiger partial charge in [0.2, 0.25) is 0 Å². The van der Waals surface area contributed by atoms with Gasteiger partial charge in [0.1, 0.15) is 5.78 Å². The van der Waals surface area contributed by atoms with E-state index in [1.807, 2.05) is 0 Å². The molecule has 0 aromatic carbocycles.